The number of ether oxygens (including phenoxy) is 2. The fourth-order valence-electron chi connectivity index (χ4n) is 4.35. The highest BCUT2D eigenvalue weighted by Gasteiger charge is 2.33. The van der Waals surface area contributed by atoms with E-state index in [1.807, 2.05) is 54.3 Å². The first-order valence-corrected chi connectivity index (χ1v) is 10.6. The maximum atomic E-state index is 13.2. The molecule has 2 aliphatic rings. The Labute approximate surface area is 177 Å². The lowest BCUT2D eigenvalue weighted by Gasteiger charge is -2.38. The molecular formula is C24H28N2O4. The number of fused-ring (bicyclic) bond motifs is 2. The van der Waals surface area contributed by atoms with Crippen molar-refractivity contribution >= 4 is 11.8 Å². The highest BCUT2D eigenvalue weighted by molar-refractivity contribution is 5.80. The van der Waals surface area contributed by atoms with Gasteiger partial charge >= 0.3 is 0 Å². The Hall–Kier alpha value is -3.02. The number of likely N-dealkylation sites (N-methyl/N-ethyl adjacent to an activating group) is 1. The normalized spacial score (nSPS) is 19.7. The number of nitrogens with zero attached hydrogens (tertiary/aromatic N) is 2. The smallest absolute Gasteiger partial charge is 0.225 e. The molecule has 2 aromatic carbocycles. The average molecular weight is 408 g/mol. The first-order valence-electron chi connectivity index (χ1n) is 10.6. The van der Waals surface area contributed by atoms with Crippen molar-refractivity contribution in [2.75, 3.05) is 26.2 Å². The minimum Gasteiger partial charge on any atom is -0.486 e. The lowest BCUT2D eigenvalue weighted by Crippen LogP contribution is -2.46. The quantitative estimate of drug-likeness (QED) is 0.762. The van der Waals surface area contributed by atoms with Gasteiger partial charge in [0.1, 0.15) is 6.61 Å². The lowest BCUT2D eigenvalue weighted by atomic mass is 9.90. The summed E-state index contributed by atoms with van der Waals surface area (Å²) in [6, 6.07) is 15.5. The number of hydrogen-bond donors (Lipinski definition) is 0. The Bertz CT molecular complexity index is 929. The molecule has 4 rings (SSSR count). The van der Waals surface area contributed by atoms with E-state index >= 15 is 0 Å². The zero-order chi connectivity index (χ0) is 21.1. The minimum atomic E-state index is -0.224. The van der Waals surface area contributed by atoms with Gasteiger partial charge in [0.25, 0.3) is 0 Å². The molecular weight excluding hydrogens is 380 g/mol. The Morgan fingerprint density at radius 3 is 2.60 bits per heavy atom. The topological polar surface area (TPSA) is 59.1 Å². The predicted molar refractivity (Wildman–Crippen MR) is 113 cm³/mol. The van der Waals surface area contributed by atoms with Gasteiger partial charge in [-0.2, -0.15) is 0 Å². The summed E-state index contributed by atoms with van der Waals surface area (Å²) in [6.45, 7) is 5.63. The molecule has 158 valence electrons. The van der Waals surface area contributed by atoms with Crippen LogP contribution in [-0.4, -0.2) is 54.0 Å². The molecule has 0 bridgehead atoms. The highest BCUT2D eigenvalue weighted by Crippen LogP contribution is 2.34. The van der Waals surface area contributed by atoms with E-state index in [2.05, 4.69) is 6.07 Å². The molecule has 2 heterocycles. The van der Waals surface area contributed by atoms with Crippen molar-refractivity contribution in [3.63, 3.8) is 0 Å². The van der Waals surface area contributed by atoms with Gasteiger partial charge in [0.05, 0.1) is 19.0 Å². The monoisotopic (exact) mass is 408 g/mol. The second-order valence-electron chi connectivity index (χ2n) is 7.81. The predicted octanol–water partition coefficient (Wildman–Crippen LogP) is 3.21. The number of carbonyl (C=O) groups is 2. The van der Waals surface area contributed by atoms with E-state index in [0.717, 1.165) is 17.7 Å². The van der Waals surface area contributed by atoms with E-state index in [1.54, 1.807) is 11.8 Å². The molecule has 0 aliphatic carbocycles. The van der Waals surface area contributed by atoms with Gasteiger partial charge < -0.3 is 19.3 Å². The number of rotatable bonds is 5. The summed E-state index contributed by atoms with van der Waals surface area (Å²) in [4.78, 5) is 29.1. The van der Waals surface area contributed by atoms with Gasteiger partial charge in [-0.05, 0) is 36.6 Å². The maximum Gasteiger partial charge on any atom is 0.225 e. The standard InChI is InChI=1S/C24H28N2O4/c1-3-25(15-19-16-29-22-10-6-7-11-23(22)30-19)24(28)14-21-20-9-5-4-8-18(20)12-13-26(21)17(2)27/h4-11,19,21H,3,12-16H2,1-2H3. The number of carbonyl (C=O) groups excluding carboxylic acids is 2. The molecule has 6 heteroatoms. The number of hydrogen-bond acceptors (Lipinski definition) is 4. The molecule has 0 saturated heterocycles. The highest BCUT2D eigenvalue weighted by atomic mass is 16.6. The van der Waals surface area contributed by atoms with Crippen LogP contribution in [0.3, 0.4) is 0 Å². The van der Waals surface area contributed by atoms with Crippen molar-refractivity contribution in [3.8, 4) is 11.5 Å². The fourth-order valence-corrected chi connectivity index (χ4v) is 4.35. The summed E-state index contributed by atoms with van der Waals surface area (Å²) in [5.74, 6) is 1.47. The van der Waals surface area contributed by atoms with E-state index in [1.165, 1.54) is 5.56 Å². The van der Waals surface area contributed by atoms with Crippen LogP contribution in [-0.2, 0) is 16.0 Å². The van der Waals surface area contributed by atoms with Gasteiger partial charge in [-0.15, -0.1) is 0 Å². The molecule has 30 heavy (non-hydrogen) atoms. The molecule has 0 radical (unpaired) electrons. The van der Waals surface area contributed by atoms with E-state index in [0.29, 0.717) is 32.0 Å². The minimum absolute atomic E-state index is 0.00553. The van der Waals surface area contributed by atoms with Gasteiger partial charge in [0, 0.05) is 20.0 Å². The van der Waals surface area contributed by atoms with Crippen molar-refractivity contribution in [2.45, 2.75) is 38.8 Å². The molecule has 0 fully saturated rings. The third-order valence-corrected chi connectivity index (χ3v) is 5.91. The van der Waals surface area contributed by atoms with E-state index in [9.17, 15) is 9.59 Å². The molecule has 2 aromatic rings. The number of amides is 2. The summed E-state index contributed by atoms with van der Waals surface area (Å²) in [5, 5.41) is 0. The summed E-state index contributed by atoms with van der Waals surface area (Å²) >= 11 is 0. The largest absolute Gasteiger partial charge is 0.486 e. The fraction of sp³-hybridized carbons (Fsp3) is 0.417. The van der Waals surface area contributed by atoms with Crippen LogP contribution in [0.4, 0.5) is 0 Å². The van der Waals surface area contributed by atoms with Crippen LogP contribution in [0.15, 0.2) is 48.5 Å². The van der Waals surface area contributed by atoms with Gasteiger partial charge in [-0.1, -0.05) is 36.4 Å². The number of benzene rings is 2. The van der Waals surface area contributed by atoms with E-state index < -0.39 is 0 Å². The van der Waals surface area contributed by atoms with Crippen LogP contribution in [0, 0.1) is 0 Å². The lowest BCUT2D eigenvalue weighted by molar-refractivity contribution is -0.137. The molecule has 6 nitrogen and oxygen atoms in total. The second-order valence-corrected chi connectivity index (χ2v) is 7.81. The van der Waals surface area contributed by atoms with Crippen LogP contribution in [0.25, 0.3) is 0 Å². The summed E-state index contributed by atoms with van der Waals surface area (Å²) in [5.41, 5.74) is 2.30. The third kappa shape index (κ3) is 4.13. The summed E-state index contributed by atoms with van der Waals surface area (Å²) in [6.07, 6.45) is 0.880. The SMILES string of the molecule is CCN(CC1COc2ccccc2O1)C(=O)CC1c2ccccc2CCN1C(C)=O. The van der Waals surface area contributed by atoms with Crippen molar-refractivity contribution in [3.05, 3.63) is 59.7 Å². The molecule has 2 aliphatic heterocycles. The summed E-state index contributed by atoms with van der Waals surface area (Å²) < 4.78 is 11.8. The van der Waals surface area contributed by atoms with Crippen LogP contribution in [0.5, 0.6) is 11.5 Å². The van der Waals surface area contributed by atoms with Crippen molar-refractivity contribution in [1.82, 2.24) is 9.80 Å². The Balaban J connectivity index is 1.47. The molecule has 2 unspecified atom stereocenters. The molecule has 2 amide bonds. The van der Waals surface area contributed by atoms with Crippen LogP contribution in [0.2, 0.25) is 0 Å². The Kier molecular flexibility index (Phi) is 5.93. The second kappa shape index (κ2) is 8.78. The van der Waals surface area contributed by atoms with Crippen molar-refractivity contribution in [1.29, 1.82) is 0 Å². The van der Waals surface area contributed by atoms with E-state index in [4.69, 9.17) is 9.47 Å². The third-order valence-electron chi connectivity index (χ3n) is 5.91. The first-order chi connectivity index (χ1) is 14.6. The molecule has 2 atom stereocenters. The van der Waals surface area contributed by atoms with Gasteiger partial charge in [0.15, 0.2) is 17.6 Å². The van der Waals surface area contributed by atoms with Gasteiger partial charge in [0.2, 0.25) is 11.8 Å². The van der Waals surface area contributed by atoms with Gasteiger partial charge in [-0.3, -0.25) is 9.59 Å². The Morgan fingerprint density at radius 2 is 1.83 bits per heavy atom. The zero-order valence-electron chi connectivity index (χ0n) is 17.5. The first kappa shape index (κ1) is 20.3. The summed E-state index contributed by atoms with van der Waals surface area (Å²) in [7, 11) is 0. The van der Waals surface area contributed by atoms with Crippen LogP contribution < -0.4 is 9.47 Å². The Morgan fingerprint density at radius 1 is 1.10 bits per heavy atom. The molecule has 0 saturated carbocycles. The van der Waals surface area contributed by atoms with Crippen LogP contribution in [0.1, 0.15) is 37.4 Å². The van der Waals surface area contributed by atoms with Crippen molar-refractivity contribution < 1.29 is 19.1 Å². The number of para-hydroxylation sites is 2. The van der Waals surface area contributed by atoms with Gasteiger partial charge in [-0.25, -0.2) is 0 Å². The van der Waals surface area contributed by atoms with E-state index in [-0.39, 0.29) is 30.4 Å². The van der Waals surface area contributed by atoms with Crippen molar-refractivity contribution in [2.24, 2.45) is 0 Å². The molecule has 0 spiro atoms. The zero-order valence-corrected chi connectivity index (χ0v) is 17.5. The molecule has 0 N–H and O–H groups in total. The molecule has 0 aromatic heterocycles. The average Bonchev–Trinajstić information content (AvgIpc) is 2.77. The van der Waals surface area contributed by atoms with Crippen LogP contribution >= 0.6 is 0 Å². The maximum absolute atomic E-state index is 13.2.